The summed E-state index contributed by atoms with van der Waals surface area (Å²) in [4.78, 5) is 48.0. The minimum Gasteiger partial charge on any atom is -0.482 e. The Morgan fingerprint density at radius 2 is 2.15 bits per heavy atom. The summed E-state index contributed by atoms with van der Waals surface area (Å²) in [5.41, 5.74) is 1.82. The van der Waals surface area contributed by atoms with Crippen molar-refractivity contribution in [1.82, 2.24) is 14.5 Å². The molecular formula is C25H28N4O4S. The number of ketones is 1. The van der Waals surface area contributed by atoms with Gasteiger partial charge in [0.05, 0.1) is 23.7 Å². The standard InChI is InChI=1S/C25H28N4O4S/c1-13-5-7-16-19(9-13)34-24-22(16)25(32)29(20(27-24)11-28(3)4)14(2)23(31)15-6-8-18-17(10-15)26-21(30)12-33-18/h6,8,10,13-14H,5,7,9,11-12H2,1-4H3,(H,26,30). The Balaban J connectivity index is 1.61. The van der Waals surface area contributed by atoms with E-state index < -0.39 is 6.04 Å². The van der Waals surface area contributed by atoms with E-state index in [1.807, 2.05) is 19.0 Å². The number of hydrogen-bond donors (Lipinski definition) is 1. The molecule has 0 saturated carbocycles. The molecule has 0 radical (unpaired) electrons. The molecule has 0 spiro atoms. The molecule has 1 aliphatic carbocycles. The highest BCUT2D eigenvalue weighted by Crippen LogP contribution is 2.36. The molecule has 0 saturated heterocycles. The van der Waals surface area contributed by atoms with Crippen LogP contribution in [-0.2, 0) is 24.2 Å². The van der Waals surface area contributed by atoms with E-state index in [0.717, 1.165) is 29.7 Å². The Bertz CT molecular complexity index is 1370. The molecule has 5 rings (SSSR count). The highest BCUT2D eigenvalue weighted by atomic mass is 32.1. The third-order valence-electron chi connectivity index (χ3n) is 6.56. The molecule has 2 unspecified atom stereocenters. The van der Waals surface area contributed by atoms with Crippen LogP contribution in [-0.4, -0.2) is 46.8 Å². The average Bonchev–Trinajstić information content (AvgIpc) is 3.14. The van der Waals surface area contributed by atoms with Crippen molar-refractivity contribution < 1.29 is 14.3 Å². The Kier molecular flexibility index (Phi) is 5.77. The van der Waals surface area contributed by atoms with E-state index in [4.69, 9.17) is 9.72 Å². The van der Waals surface area contributed by atoms with Crippen LogP contribution in [0, 0.1) is 5.92 Å². The zero-order valence-electron chi connectivity index (χ0n) is 19.8. The molecule has 2 aliphatic rings. The van der Waals surface area contributed by atoms with E-state index in [1.54, 1.807) is 41.0 Å². The Morgan fingerprint density at radius 3 is 2.91 bits per heavy atom. The van der Waals surface area contributed by atoms with Gasteiger partial charge in [-0.05, 0) is 70.0 Å². The van der Waals surface area contributed by atoms with Crippen molar-refractivity contribution in [2.24, 2.45) is 5.92 Å². The number of aromatic nitrogens is 2. The first-order valence-corrected chi connectivity index (χ1v) is 12.4. The van der Waals surface area contributed by atoms with Gasteiger partial charge < -0.3 is 15.0 Å². The van der Waals surface area contributed by atoms with Crippen LogP contribution in [0.2, 0.25) is 0 Å². The number of benzene rings is 1. The van der Waals surface area contributed by atoms with Gasteiger partial charge in [0.15, 0.2) is 12.4 Å². The van der Waals surface area contributed by atoms with Crippen molar-refractivity contribution in [2.45, 2.75) is 45.7 Å². The summed E-state index contributed by atoms with van der Waals surface area (Å²) in [6.45, 7) is 4.38. The summed E-state index contributed by atoms with van der Waals surface area (Å²) in [7, 11) is 3.83. The molecule has 1 aromatic carbocycles. The SMILES string of the molecule is CC1CCc2c(sc3nc(CN(C)C)n(C(C)C(=O)c4ccc5c(c4)NC(=O)CO5)c(=O)c23)C1. The number of nitrogens with one attached hydrogen (secondary N) is 1. The smallest absolute Gasteiger partial charge is 0.263 e. The zero-order chi connectivity index (χ0) is 24.1. The fraction of sp³-hybridized carbons (Fsp3) is 0.440. The van der Waals surface area contributed by atoms with Crippen molar-refractivity contribution in [3.05, 3.63) is 50.4 Å². The van der Waals surface area contributed by atoms with Gasteiger partial charge in [0.25, 0.3) is 11.5 Å². The minimum atomic E-state index is -0.754. The van der Waals surface area contributed by atoms with Crippen LogP contribution < -0.4 is 15.6 Å². The van der Waals surface area contributed by atoms with Crippen molar-refractivity contribution in [2.75, 3.05) is 26.0 Å². The van der Waals surface area contributed by atoms with E-state index in [0.29, 0.717) is 40.7 Å². The topological polar surface area (TPSA) is 93.5 Å². The molecule has 34 heavy (non-hydrogen) atoms. The number of Topliss-reactive ketones (excluding diaryl/α,β-unsaturated/α-hetero) is 1. The Morgan fingerprint density at radius 1 is 1.35 bits per heavy atom. The van der Waals surface area contributed by atoms with Gasteiger partial charge in [-0.2, -0.15) is 0 Å². The number of rotatable bonds is 5. The van der Waals surface area contributed by atoms with Crippen molar-refractivity contribution >= 4 is 38.9 Å². The van der Waals surface area contributed by atoms with E-state index in [9.17, 15) is 14.4 Å². The summed E-state index contributed by atoms with van der Waals surface area (Å²) in [6, 6.07) is 4.21. The summed E-state index contributed by atoms with van der Waals surface area (Å²) in [5, 5.41) is 3.41. The lowest BCUT2D eigenvalue weighted by atomic mass is 9.89. The van der Waals surface area contributed by atoms with Gasteiger partial charge in [0.2, 0.25) is 0 Å². The summed E-state index contributed by atoms with van der Waals surface area (Å²) in [5.74, 6) is 1.21. The summed E-state index contributed by atoms with van der Waals surface area (Å²) in [6.07, 6.45) is 2.89. The maximum absolute atomic E-state index is 13.9. The quantitative estimate of drug-likeness (QED) is 0.563. The number of carbonyl (C=O) groups excluding carboxylic acids is 2. The third-order valence-corrected chi connectivity index (χ3v) is 7.70. The van der Waals surface area contributed by atoms with Gasteiger partial charge in [0.1, 0.15) is 16.4 Å². The first-order chi connectivity index (χ1) is 16.2. The molecule has 178 valence electrons. The lowest BCUT2D eigenvalue weighted by molar-refractivity contribution is -0.118. The largest absolute Gasteiger partial charge is 0.482 e. The number of hydrogen-bond acceptors (Lipinski definition) is 7. The second kappa shape index (κ2) is 8.63. The number of carbonyl (C=O) groups is 2. The lowest BCUT2D eigenvalue weighted by Crippen LogP contribution is -2.34. The van der Waals surface area contributed by atoms with E-state index in [1.165, 1.54) is 4.88 Å². The minimum absolute atomic E-state index is 0.0462. The highest BCUT2D eigenvalue weighted by molar-refractivity contribution is 7.18. The predicted octanol–water partition coefficient (Wildman–Crippen LogP) is 3.42. The molecule has 0 fully saturated rings. The zero-order valence-corrected chi connectivity index (χ0v) is 20.6. The summed E-state index contributed by atoms with van der Waals surface area (Å²) < 4.78 is 6.96. The summed E-state index contributed by atoms with van der Waals surface area (Å²) >= 11 is 1.62. The van der Waals surface area contributed by atoms with Crippen LogP contribution in [0.1, 0.15) is 52.9 Å². The van der Waals surface area contributed by atoms with E-state index in [-0.39, 0.29) is 23.9 Å². The van der Waals surface area contributed by atoms with Crippen LogP contribution in [0.5, 0.6) is 5.75 Å². The second-order valence-electron chi connectivity index (χ2n) is 9.56. The highest BCUT2D eigenvalue weighted by Gasteiger charge is 2.29. The number of anilines is 1. The van der Waals surface area contributed by atoms with Gasteiger partial charge >= 0.3 is 0 Å². The van der Waals surface area contributed by atoms with E-state index in [2.05, 4.69) is 12.2 Å². The number of amides is 1. The molecule has 9 heteroatoms. The molecule has 3 aromatic rings. The fourth-order valence-corrected chi connectivity index (χ4v) is 6.23. The monoisotopic (exact) mass is 480 g/mol. The van der Waals surface area contributed by atoms with Crippen molar-refractivity contribution in [3.8, 4) is 5.75 Å². The van der Waals surface area contributed by atoms with Crippen LogP contribution in [0.4, 0.5) is 5.69 Å². The third kappa shape index (κ3) is 3.92. The molecule has 1 N–H and O–H groups in total. The maximum atomic E-state index is 13.9. The number of aryl methyl sites for hydroxylation is 1. The van der Waals surface area contributed by atoms with Gasteiger partial charge in [-0.25, -0.2) is 4.98 Å². The number of nitrogens with zero attached hydrogens (tertiary/aromatic N) is 3. The van der Waals surface area contributed by atoms with Gasteiger partial charge in [-0.15, -0.1) is 11.3 Å². The lowest BCUT2D eigenvalue weighted by Gasteiger charge is -2.22. The van der Waals surface area contributed by atoms with Crippen molar-refractivity contribution in [1.29, 1.82) is 0 Å². The Labute approximate surface area is 201 Å². The number of fused-ring (bicyclic) bond motifs is 4. The molecule has 1 aliphatic heterocycles. The normalized spacial score (nSPS) is 18.3. The van der Waals surface area contributed by atoms with E-state index >= 15 is 0 Å². The van der Waals surface area contributed by atoms with Crippen LogP contribution in [0.25, 0.3) is 10.2 Å². The maximum Gasteiger partial charge on any atom is 0.263 e. The van der Waals surface area contributed by atoms with Crippen LogP contribution in [0.3, 0.4) is 0 Å². The molecule has 2 atom stereocenters. The second-order valence-corrected chi connectivity index (χ2v) is 10.6. The molecule has 3 heterocycles. The average molecular weight is 481 g/mol. The molecular weight excluding hydrogens is 452 g/mol. The Hall–Kier alpha value is -3.04. The van der Waals surface area contributed by atoms with Crippen LogP contribution >= 0.6 is 11.3 Å². The molecule has 2 aromatic heterocycles. The molecule has 1 amide bonds. The van der Waals surface area contributed by atoms with Gasteiger partial charge in [0, 0.05) is 10.4 Å². The molecule has 0 bridgehead atoms. The predicted molar refractivity (Wildman–Crippen MR) is 132 cm³/mol. The van der Waals surface area contributed by atoms with Crippen molar-refractivity contribution in [3.63, 3.8) is 0 Å². The number of ether oxygens (including phenoxy) is 1. The molecule has 8 nitrogen and oxygen atoms in total. The fourth-order valence-electron chi connectivity index (χ4n) is 4.83. The first-order valence-electron chi connectivity index (χ1n) is 11.5. The van der Waals surface area contributed by atoms with Gasteiger partial charge in [-0.1, -0.05) is 6.92 Å². The van der Waals surface area contributed by atoms with Crippen LogP contribution in [0.15, 0.2) is 23.0 Å². The van der Waals surface area contributed by atoms with Gasteiger partial charge in [-0.3, -0.25) is 19.0 Å². The number of thiophene rings is 1. The first kappa shape index (κ1) is 22.7.